The minimum atomic E-state index is -1.17. The molecule has 1 amide bonds. The lowest BCUT2D eigenvalue weighted by molar-refractivity contribution is 0.0635. The Morgan fingerprint density at radius 1 is 1.42 bits per heavy atom. The van der Waals surface area contributed by atoms with E-state index in [-0.39, 0.29) is 11.5 Å². The molecule has 0 saturated carbocycles. The number of carboxylic acid groups (broad SMARTS) is 1. The third-order valence-corrected chi connectivity index (χ3v) is 2.79. The van der Waals surface area contributed by atoms with Gasteiger partial charge in [-0.3, -0.25) is 5.32 Å². The number of aromatic carboxylic acids is 1. The van der Waals surface area contributed by atoms with Gasteiger partial charge in [-0.1, -0.05) is 11.8 Å². The number of carbonyl (C=O) groups excluding carboxylic acids is 1. The molecule has 1 aromatic rings. The van der Waals surface area contributed by atoms with Crippen molar-refractivity contribution >= 4 is 29.6 Å². The van der Waals surface area contributed by atoms with Crippen molar-refractivity contribution in [2.45, 2.75) is 31.5 Å². The Balaban J connectivity index is 3.01. The summed E-state index contributed by atoms with van der Waals surface area (Å²) < 4.78 is 6.46. The highest BCUT2D eigenvalue weighted by Crippen LogP contribution is 2.22. The number of hydrogen-bond acceptors (Lipinski definition) is 5. The van der Waals surface area contributed by atoms with Gasteiger partial charge in [0.15, 0.2) is 16.7 Å². The van der Waals surface area contributed by atoms with Gasteiger partial charge in [0.2, 0.25) is 0 Å². The van der Waals surface area contributed by atoms with E-state index >= 15 is 0 Å². The van der Waals surface area contributed by atoms with E-state index in [4.69, 9.17) is 9.84 Å². The Morgan fingerprint density at radius 3 is 2.42 bits per heavy atom. The molecule has 0 spiro atoms. The van der Waals surface area contributed by atoms with Crippen LogP contribution in [0.15, 0.2) is 5.16 Å². The van der Waals surface area contributed by atoms with E-state index < -0.39 is 17.7 Å². The number of nitrogens with one attached hydrogen (secondary N) is 1. The summed E-state index contributed by atoms with van der Waals surface area (Å²) in [6.07, 6.45) is 1.03. The standard InChI is InChI=1S/C11H17N3O4S/c1-11(2,3)18-10(17)13-7-6(8(15)16)14(4)9(12-7)19-5/h1-5H3,(H,13,17)(H,15,16). The van der Waals surface area contributed by atoms with Crippen molar-refractivity contribution in [3.63, 3.8) is 0 Å². The molecule has 1 rings (SSSR count). The van der Waals surface area contributed by atoms with Gasteiger partial charge in [-0.25, -0.2) is 14.6 Å². The predicted octanol–water partition coefficient (Wildman–Crippen LogP) is 2.19. The molecule has 2 N–H and O–H groups in total. The fourth-order valence-electron chi connectivity index (χ4n) is 1.39. The molecule has 1 heterocycles. The predicted molar refractivity (Wildman–Crippen MR) is 71.8 cm³/mol. The minimum Gasteiger partial charge on any atom is -0.476 e. The zero-order chi connectivity index (χ0) is 14.8. The van der Waals surface area contributed by atoms with Crippen LogP contribution < -0.4 is 5.32 Å². The molecular formula is C11H17N3O4S. The molecule has 0 radical (unpaired) electrons. The van der Waals surface area contributed by atoms with Crippen molar-refractivity contribution in [1.82, 2.24) is 9.55 Å². The maximum atomic E-state index is 11.6. The van der Waals surface area contributed by atoms with Crippen LogP contribution >= 0.6 is 11.8 Å². The molecular weight excluding hydrogens is 270 g/mol. The van der Waals surface area contributed by atoms with Crippen molar-refractivity contribution < 1.29 is 19.4 Å². The quantitative estimate of drug-likeness (QED) is 0.828. The van der Waals surface area contributed by atoms with E-state index in [1.807, 2.05) is 0 Å². The Labute approximate surface area is 115 Å². The van der Waals surface area contributed by atoms with Crippen molar-refractivity contribution in [2.24, 2.45) is 7.05 Å². The maximum absolute atomic E-state index is 11.6. The summed E-state index contributed by atoms with van der Waals surface area (Å²) >= 11 is 1.28. The summed E-state index contributed by atoms with van der Waals surface area (Å²) in [5.41, 5.74) is -0.750. The Bertz CT molecular complexity index is 505. The number of hydrogen-bond donors (Lipinski definition) is 2. The third kappa shape index (κ3) is 3.88. The second-order valence-corrected chi connectivity index (χ2v) is 5.56. The number of anilines is 1. The first-order valence-electron chi connectivity index (χ1n) is 5.49. The molecule has 0 unspecified atom stereocenters. The van der Waals surface area contributed by atoms with Gasteiger partial charge in [-0.2, -0.15) is 0 Å². The van der Waals surface area contributed by atoms with Gasteiger partial charge in [0.25, 0.3) is 0 Å². The number of nitrogens with zero attached hydrogens (tertiary/aromatic N) is 2. The number of carboxylic acids is 1. The highest BCUT2D eigenvalue weighted by atomic mass is 32.2. The monoisotopic (exact) mass is 287 g/mol. The molecule has 106 valence electrons. The van der Waals surface area contributed by atoms with Gasteiger partial charge in [0.1, 0.15) is 5.60 Å². The van der Waals surface area contributed by atoms with Crippen LogP contribution in [0.4, 0.5) is 10.6 Å². The van der Waals surface area contributed by atoms with Crippen LogP contribution in [-0.2, 0) is 11.8 Å². The van der Waals surface area contributed by atoms with E-state index in [2.05, 4.69) is 10.3 Å². The summed E-state index contributed by atoms with van der Waals surface area (Å²) in [5.74, 6) is -1.19. The molecule has 1 aromatic heterocycles. The third-order valence-electron chi connectivity index (χ3n) is 2.06. The normalized spacial score (nSPS) is 11.2. The van der Waals surface area contributed by atoms with Crippen LogP contribution in [-0.4, -0.2) is 38.6 Å². The fraction of sp³-hybridized carbons (Fsp3) is 0.545. The molecule has 0 aromatic carbocycles. The molecule has 7 nitrogen and oxygen atoms in total. The van der Waals surface area contributed by atoms with E-state index in [9.17, 15) is 9.59 Å². The molecule has 0 bridgehead atoms. The summed E-state index contributed by atoms with van der Waals surface area (Å²) in [5, 5.41) is 12.0. The van der Waals surface area contributed by atoms with Crippen LogP contribution in [0.5, 0.6) is 0 Å². The first kappa shape index (κ1) is 15.4. The average Bonchev–Trinajstić information content (AvgIpc) is 2.51. The number of aromatic nitrogens is 2. The SMILES string of the molecule is CSc1nc(NC(=O)OC(C)(C)C)c(C(=O)O)n1C. The number of rotatable bonds is 3. The summed E-state index contributed by atoms with van der Waals surface area (Å²) in [7, 11) is 1.57. The molecule has 8 heteroatoms. The molecule has 0 aliphatic carbocycles. The van der Waals surface area contributed by atoms with E-state index in [0.29, 0.717) is 5.16 Å². The Morgan fingerprint density at radius 2 is 2.00 bits per heavy atom. The van der Waals surface area contributed by atoms with Crippen molar-refractivity contribution in [3.8, 4) is 0 Å². The lowest BCUT2D eigenvalue weighted by atomic mass is 10.2. The zero-order valence-corrected chi connectivity index (χ0v) is 12.3. The van der Waals surface area contributed by atoms with Crippen molar-refractivity contribution in [3.05, 3.63) is 5.69 Å². The highest BCUT2D eigenvalue weighted by Gasteiger charge is 2.24. The number of carbonyl (C=O) groups is 2. The highest BCUT2D eigenvalue weighted by molar-refractivity contribution is 7.98. The van der Waals surface area contributed by atoms with Gasteiger partial charge < -0.3 is 14.4 Å². The molecule has 0 saturated heterocycles. The van der Waals surface area contributed by atoms with Crippen LogP contribution in [0.25, 0.3) is 0 Å². The number of thioether (sulfide) groups is 1. The minimum absolute atomic E-state index is 0.0198. The zero-order valence-electron chi connectivity index (χ0n) is 11.5. The topological polar surface area (TPSA) is 93.4 Å². The van der Waals surface area contributed by atoms with Gasteiger partial charge in [-0.15, -0.1) is 0 Å². The molecule has 0 aliphatic heterocycles. The van der Waals surface area contributed by atoms with Gasteiger partial charge in [-0.05, 0) is 27.0 Å². The summed E-state index contributed by atoms with van der Waals surface area (Å²) in [6.45, 7) is 5.16. The molecule has 19 heavy (non-hydrogen) atoms. The molecule has 0 fully saturated rings. The first-order valence-corrected chi connectivity index (χ1v) is 6.72. The molecule has 0 atom stereocenters. The van der Waals surface area contributed by atoms with Crippen LogP contribution in [0.3, 0.4) is 0 Å². The van der Waals surface area contributed by atoms with E-state index in [0.717, 1.165) is 0 Å². The van der Waals surface area contributed by atoms with Crippen molar-refractivity contribution in [2.75, 3.05) is 11.6 Å². The summed E-state index contributed by atoms with van der Waals surface area (Å²) in [6, 6.07) is 0. The lowest BCUT2D eigenvalue weighted by Gasteiger charge is -2.19. The van der Waals surface area contributed by atoms with E-state index in [1.165, 1.54) is 16.3 Å². The Kier molecular flexibility index (Phi) is 4.46. The second-order valence-electron chi connectivity index (χ2n) is 4.79. The van der Waals surface area contributed by atoms with E-state index in [1.54, 1.807) is 34.1 Å². The Hall–Kier alpha value is -1.70. The van der Waals surface area contributed by atoms with Crippen LogP contribution in [0.1, 0.15) is 31.3 Å². The summed E-state index contributed by atoms with van der Waals surface area (Å²) in [4.78, 5) is 26.9. The van der Waals surface area contributed by atoms with Crippen LogP contribution in [0.2, 0.25) is 0 Å². The van der Waals surface area contributed by atoms with Gasteiger partial charge >= 0.3 is 12.1 Å². The smallest absolute Gasteiger partial charge is 0.413 e. The largest absolute Gasteiger partial charge is 0.476 e. The van der Waals surface area contributed by atoms with Crippen molar-refractivity contribution in [1.29, 1.82) is 0 Å². The van der Waals surface area contributed by atoms with Gasteiger partial charge in [0.05, 0.1) is 0 Å². The fourth-order valence-corrected chi connectivity index (χ4v) is 1.94. The van der Waals surface area contributed by atoms with Crippen LogP contribution in [0, 0.1) is 0 Å². The maximum Gasteiger partial charge on any atom is 0.413 e. The number of amides is 1. The number of ether oxygens (including phenoxy) is 1. The average molecular weight is 287 g/mol. The lowest BCUT2D eigenvalue weighted by Crippen LogP contribution is -2.28. The number of imidazole rings is 1. The second kappa shape index (κ2) is 5.52. The molecule has 0 aliphatic rings. The van der Waals surface area contributed by atoms with Gasteiger partial charge in [0, 0.05) is 7.05 Å². The first-order chi connectivity index (χ1) is 8.65.